The van der Waals surface area contributed by atoms with E-state index in [1.165, 1.54) is 36.8 Å². The highest BCUT2D eigenvalue weighted by molar-refractivity contribution is 6.30. The maximum Gasteiger partial charge on any atom is 0.127 e. The largest absolute Gasteiger partial charge is 0.493 e. The average Bonchev–Trinajstić information content (AvgIpc) is 2.78. The molecule has 1 aromatic rings. The zero-order valence-corrected chi connectivity index (χ0v) is 13.2. The van der Waals surface area contributed by atoms with Crippen molar-refractivity contribution in [1.82, 2.24) is 4.90 Å². The van der Waals surface area contributed by atoms with Crippen molar-refractivity contribution in [3.8, 4) is 5.75 Å². The standard InChI is InChI=1S/C16H21Cl2NO/c17-10-15-4-2-1-3-6-19(15)11-13-9-14(18)8-12-5-7-20-16(12)13/h8-9,15H,1-7,10-11H2. The second-order valence-electron chi connectivity index (χ2n) is 5.78. The number of rotatable bonds is 3. The van der Waals surface area contributed by atoms with Crippen molar-refractivity contribution < 1.29 is 4.74 Å². The summed E-state index contributed by atoms with van der Waals surface area (Å²) in [5.41, 5.74) is 2.48. The fourth-order valence-electron chi connectivity index (χ4n) is 3.30. The topological polar surface area (TPSA) is 12.5 Å². The highest BCUT2D eigenvalue weighted by Crippen LogP contribution is 2.34. The molecule has 20 heavy (non-hydrogen) atoms. The molecular weight excluding hydrogens is 293 g/mol. The minimum absolute atomic E-state index is 0.482. The molecule has 0 bridgehead atoms. The van der Waals surface area contributed by atoms with Crippen LogP contribution >= 0.6 is 23.2 Å². The Bertz CT molecular complexity index is 478. The van der Waals surface area contributed by atoms with Gasteiger partial charge in [-0.15, -0.1) is 11.6 Å². The lowest BCUT2D eigenvalue weighted by Crippen LogP contribution is -2.35. The number of hydrogen-bond acceptors (Lipinski definition) is 2. The van der Waals surface area contributed by atoms with Crippen LogP contribution in [0.4, 0.5) is 0 Å². The molecule has 2 heterocycles. The summed E-state index contributed by atoms with van der Waals surface area (Å²) in [5, 5.41) is 0.821. The van der Waals surface area contributed by atoms with Gasteiger partial charge in [-0.2, -0.15) is 0 Å². The fraction of sp³-hybridized carbons (Fsp3) is 0.625. The van der Waals surface area contributed by atoms with E-state index in [-0.39, 0.29) is 0 Å². The summed E-state index contributed by atoms with van der Waals surface area (Å²) in [7, 11) is 0. The monoisotopic (exact) mass is 313 g/mol. The van der Waals surface area contributed by atoms with Crippen LogP contribution in [0.2, 0.25) is 5.02 Å². The van der Waals surface area contributed by atoms with E-state index in [1.807, 2.05) is 6.07 Å². The Morgan fingerprint density at radius 3 is 3.00 bits per heavy atom. The Kier molecular flexibility index (Phi) is 4.75. The third-order valence-electron chi connectivity index (χ3n) is 4.38. The molecule has 2 aliphatic rings. The van der Waals surface area contributed by atoms with Gasteiger partial charge in [0.2, 0.25) is 0 Å². The minimum Gasteiger partial charge on any atom is -0.493 e. The van der Waals surface area contributed by atoms with Crippen LogP contribution in [-0.4, -0.2) is 30.0 Å². The van der Waals surface area contributed by atoms with Crippen molar-refractivity contribution in [3.05, 3.63) is 28.3 Å². The normalized spacial score (nSPS) is 23.2. The van der Waals surface area contributed by atoms with Gasteiger partial charge in [-0.1, -0.05) is 24.4 Å². The van der Waals surface area contributed by atoms with Crippen molar-refractivity contribution in [2.75, 3.05) is 19.0 Å². The summed E-state index contributed by atoms with van der Waals surface area (Å²) in [4.78, 5) is 2.51. The van der Waals surface area contributed by atoms with E-state index in [9.17, 15) is 0 Å². The molecule has 3 rings (SSSR count). The number of ether oxygens (including phenoxy) is 1. The maximum atomic E-state index is 6.25. The molecule has 1 saturated heterocycles. The average molecular weight is 314 g/mol. The first-order valence-corrected chi connectivity index (χ1v) is 8.43. The predicted octanol–water partition coefficient (Wildman–Crippen LogP) is 4.26. The van der Waals surface area contributed by atoms with E-state index in [0.29, 0.717) is 11.9 Å². The summed E-state index contributed by atoms with van der Waals surface area (Å²) >= 11 is 12.4. The predicted molar refractivity (Wildman–Crippen MR) is 84.0 cm³/mol. The molecule has 1 aromatic carbocycles. The summed E-state index contributed by atoms with van der Waals surface area (Å²) in [6, 6.07) is 4.58. The van der Waals surface area contributed by atoms with Gasteiger partial charge >= 0.3 is 0 Å². The Balaban J connectivity index is 1.82. The van der Waals surface area contributed by atoms with Crippen LogP contribution in [0.1, 0.15) is 36.8 Å². The van der Waals surface area contributed by atoms with Gasteiger partial charge in [-0.3, -0.25) is 4.90 Å². The summed E-state index contributed by atoms with van der Waals surface area (Å²) in [6.07, 6.45) is 6.04. The van der Waals surface area contributed by atoms with Crippen LogP contribution in [-0.2, 0) is 13.0 Å². The highest BCUT2D eigenvalue weighted by Gasteiger charge is 2.24. The molecule has 0 N–H and O–H groups in total. The van der Waals surface area contributed by atoms with Gasteiger partial charge < -0.3 is 4.74 Å². The summed E-state index contributed by atoms with van der Waals surface area (Å²) < 4.78 is 5.81. The van der Waals surface area contributed by atoms with Crippen molar-refractivity contribution in [3.63, 3.8) is 0 Å². The van der Waals surface area contributed by atoms with Crippen LogP contribution in [0.25, 0.3) is 0 Å². The first-order valence-electron chi connectivity index (χ1n) is 7.52. The zero-order chi connectivity index (χ0) is 13.9. The fourth-order valence-corrected chi connectivity index (χ4v) is 3.91. The number of likely N-dealkylation sites (tertiary alicyclic amines) is 1. The second kappa shape index (κ2) is 6.55. The van der Waals surface area contributed by atoms with Gasteiger partial charge in [-0.25, -0.2) is 0 Å². The Hall–Kier alpha value is -0.440. The van der Waals surface area contributed by atoms with E-state index in [2.05, 4.69) is 11.0 Å². The molecule has 0 spiro atoms. The lowest BCUT2D eigenvalue weighted by atomic mass is 10.1. The van der Waals surface area contributed by atoms with Gasteiger partial charge in [-0.05, 0) is 37.1 Å². The van der Waals surface area contributed by atoms with Gasteiger partial charge in [0.05, 0.1) is 6.61 Å². The second-order valence-corrected chi connectivity index (χ2v) is 6.52. The van der Waals surface area contributed by atoms with Crippen LogP contribution in [0, 0.1) is 0 Å². The van der Waals surface area contributed by atoms with E-state index in [0.717, 1.165) is 36.9 Å². The van der Waals surface area contributed by atoms with Crippen LogP contribution < -0.4 is 4.74 Å². The molecule has 0 amide bonds. The lowest BCUT2D eigenvalue weighted by molar-refractivity contribution is 0.204. The molecule has 1 unspecified atom stereocenters. The third kappa shape index (κ3) is 3.08. The third-order valence-corrected chi connectivity index (χ3v) is 4.95. The van der Waals surface area contributed by atoms with E-state index in [4.69, 9.17) is 27.9 Å². The summed E-state index contributed by atoms with van der Waals surface area (Å²) in [5.74, 6) is 1.77. The van der Waals surface area contributed by atoms with Gasteiger partial charge in [0.15, 0.2) is 0 Å². The molecular formula is C16H21Cl2NO. The van der Waals surface area contributed by atoms with E-state index in [1.54, 1.807) is 0 Å². The number of benzene rings is 1. The van der Waals surface area contributed by atoms with Gasteiger partial charge in [0, 0.05) is 35.5 Å². The molecule has 0 aliphatic carbocycles. The van der Waals surface area contributed by atoms with Crippen LogP contribution in [0.15, 0.2) is 12.1 Å². The molecule has 0 aromatic heterocycles. The molecule has 0 radical (unpaired) electrons. The van der Waals surface area contributed by atoms with Crippen molar-refractivity contribution in [2.45, 2.75) is 44.7 Å². The summed E-state index contributed by atoms with van der Waals surface area (Å²) in [6.45, 7) is 2.81. The molecule has 2 nitrogen and oxygen atoms in total. The van der Waals surface area contributed by atoms with Gasteiger partial charge in [0.1, 0.15) is 5.75 Å². The molecule has 1 atom stereocenters. The number of hydrogen-bond donors (Lipinski definition) is 0. The lowest BCUT2D eigenvalue weighted by Gasteiger charge is -2.29. The van der Waals surface area contributed by atoms with Crippen molar-refractivity contribution >= 4 is 23.2 Å². The van der Waals surface area contributed by atoms with Crippen molar-refractivity contribution in [1.29, 1.82) is 0 Å². The molecule has 4 heteroatoms. The molecule has 1 fully saturated rings. The SMILES string of the molecule is ClCC1CCCCCN1Cc1cc(Cl)cc2c1OCC2. The van der Waals surface area contributed by atoms with E-state index >= 15 is 0 Å². The number of fused-ring (bicyclic) bond motifs is 1. The minimum atomic E-state index is 0.482. The first kappa shape index (κ1) is 14.5. The van der Waals surface area contributed by atoms with Crippen molar-refractivity contribution in [2.24, 2.45) is 0 Å². The molecule has 110 valence electrons. The van der Waals surface area contributed by atoms with Crippen LogP contribution in [0.5, 0.6) is 5.75 Å². The smallest absolute Gasteiger partial charge is 0.127 e. The van der Waals surface area contributed by atoms with E-state index < -0.39 is 0 Å². The molecule has 2 aliphatic heterocycles. The van der Waals surface area contributed by atoms with Crippen LogP contribution in [0.3, 0.4) is 0 Å². The number of alkyl halides is 1. The zero-order valence-electron chi connectivity index (χ0n) is 11.7. The number of nitrogens with zero attached hydrogens (tertiary/aromatic N) is 1. The maximum absolute atomic E-state index is 6.25. The highest BCUT2D eigenvalue weighted by atomic mass is 35.5. The first-order chi connectivity index (χ1) is 9.78. The Morgan fingerprint density at radius 1 is 1.25 bits per heavy atom. The quantitative estimate of drug-likeness (QED) is 0.773. The van der Waals surface area contributed by atoms with Gasteiger partial charge in [0.25, 0.3) is 0 Å². The Labute approximate surface area is 131 Å². The molecule has 0 saturated carbocycles. The number of halogens is 2. The Morgan fingerprint density at radius 2 is 2.15 bits per heavy atom.